The first kappa shape index (κ1) is 27.6. The van der Waals surface area contributed by atoms with Crippen molar-refractivity contribution in [3.63, 3.8) is 0 Å². The Balaban J connectivity index is 1.46. The first-order valence-corrected chi connectivity index (χ1v) is 14.0. The lowest BCUT2D eigenvalue weighted by Crippen LogP contribution is -2.41. The highest BCUT2D eigenvalue weighted by Crippen LogP contribution is 2.34. The number of nitrogens with zero attached hydrogens (tertiary/aromatic N) is 3. The van der Waals surface area contributed by atoms with Gasteiger partial charge in [0.05, 0.1) is 24.7 Å². The highest BCUT2D eigenvalue weighted by Gasteiger charge is 2.30. The van der Waals surface area contributed by atoms with Crippen LogP contribution in [0.3, 0.4) is 0 Å². The van der Waals surface area contributed by atoms with Crippen LogP contribution in [0, 0.1) is 0 Å². The van der Waals surface area contributed by atoms with E-state index in [1.165, 1.54) is 12.7 Å². The zero-order valence-corrected chi connectivity index (χ0v) is 23.2. The van der Waals surface area contributed by atoms with Gasteiger partial charge in [-0.2, -0.15) is 0 Å². The molecule has 1 unspecified atom stereocenters. The van der Waals surface area contributed by atoms with Gasteiger partial charge in [-0.15, -0.1) is 0 Å². The zero-order chi connectivity index (χ0) is 28.1. The number of ether oxygens (including phenoxy) is 2. The van der Waals surface area contributed by atoms with Gasteiger partial charge < -0.3 is 29.6 Å². The van der Waals surface area contributed by atoms with Gasteiger partial charge >= 0.3 is 5.97 Å². The lowest BCUT2D eigenvalue weighted by Gasteiger charge is -2.32. The SMILES string of the molecule is COC(=O)c1c(NC(=O)C2CCCO2)c2cc(NC3CCN(C(C)=O)CC3)cnc2n1CCCc1ccccc1. The van der Waals surface area contributed by atoms with Gasteiger partial charge in [-0.25, -0.2) is 9.78 Å². The maximum Gasteiger partial charge on any atom is 0.356 e. The van der Waals surface area contributed by atoms with Crippen molar-refractivity contribution < 1.29 is 23.9 Å². The average Bonchev–Trinajstić information content (AvgIpc) is 3.61. The predicted octanol–water partition coefficient (Wildman–Crippen LogP) is 4.00. The van der Waals surface area contributed by atoms with E-state index in [9.17, 15) is 14.4 Å². The summed E-state index contributed by atoms with van der Waals surface area (Å²) < 4.78 is 12.6. The molecule has 2 amide bonds. The summed E-state index contributed by atoms with van der Waals surface area (Å²) in [5.41, 5.74) is 3.27. The quantitative estimate of drug-likeness (QED) is 0.389. The molecule has 10 nitrogen and oxygen atoms in total. The number of rotatable bonds is 9. The molecule has 40 heavy (non-hydrogen) atoms. The fraction of sp³-hybridized carbons (Fsp3) is 0.467. The van der Waals surface area contributed by atoms with Crippen LogP contribution in [0.2, 0.25) is 0 Å². The second-order valence-electron chi connectivity index (χ2n) is 10.5. The van der Waals surface area contributed by atoms with Crippen LogP contribution in [0.15, 0.2) is 42.6 Å². The topological polar surface area (TPSA) is 115 Å². The average molecular weight is 548 g/mol. The minimum atomic E-state index is -0.553. The Morgan fingerprint density at radius 2 is 1.90 bits per heavy atom. The molecule has 5 rings (SSSR count). The van der Waals surface area contributed by atoms with Crippen LogP contribution < -0.4 is 10.6 Å². The van der Waals surface area contributed by atoms with Gasteiger partial charge in [0, 0.05) is 44.6 Å². The number of hydrogen-bond acceptors (Lipinski definition) is 7. The van der Waals surface area contributed by atoms with Crippen molar-refractivity contribution >= 4 is 40.2 Å². The van der Waals surface area contributed by atoms with Crippen molar-refractivity contribution in [1.82, 2.24) is 14.5 Å². The van der Waals surface area contributed by atoms with Crippen LogP contribution in [-0.4, -0.2) is 71.2 Å². The highest BCUT2D eigenvalue weighted by atomic mass is 16.5. The van der Waals surface area contributed by atoms with Gasteiger partial charge in [-0.3, -0.25) is 9.59 Å². The molecule has 2 saturated heterocycles. The second-order valence-corrected chi connectivity index (χ2v) is 10.5. The monoisotopic (exact) mass is 547 g/mol. The molecule has 212 valence electrons. The largest absolute Gasteiger partial charge is 0.464 e. The summed E-state index contributed by atoms with van der Waals surface area (Å²) in [4.78, 5) is 44.6. The minimum Gasteiger partial charge on any atom is -0.464 e. The van der Waals surface area contributed by atoms with Crippen molar-refractivity contribution in [2.45, 2.75) is 64.1 Å². The molecule has 1 aromatic carbocycles. The van der Waals surface area contributed by atoms with Gasteiger partial charge in [0.1, 0.15) is 11.8 Å². The molecule has 0 bridgehead atoms. The lowest BCUT2D eigenvalue weighted by molar-refractivity contribution is -0.129. The van der Waals surface area contributed by atoms with E-state index >= 15 is 0 Å². The number of aromatic nitrogens is 2. The molecule has 10 heteroatoms. The number of nitrogens with one attached hydrogen (secondary N) is 2. The van der Waals surface area contributed by atoms with E-state index in [1.54, 1.807) is 13.1 Å². The van der Waals surface area contributed by atoms with Gasteiger partial charge in [0.2, 0.25) is 5.91 Å². The van der Waals surface area contributed by atoms with E-state index in [1.807, 2.05) is 33.7 Å². The van der Waals surface area contributed by atoms with Gasteiger partial charge in [-0.1, -0.05) is 30.3 Å². The van der Waals surface area contributed by atoms with Gasteiger partial charge in [0.25, 0.3) is 5.91 Å². The van der Waals surface area contributed by atoms with Crippen LogP contribution in [0.1, 0.15) is 55.1 Å². The van der Waals surface area contributed by atoms with Gasteiger partial charge in [-0.05, 0) is 50.2 Å². The highest BCUT2D eigenvalue weighted by molar-refractivity contribution is 6.12. The number of fused-ring (bicyclic) bond motifs is 1. The molecule has 0 spiro atoms. The number of carbonyl (C=O) groups is 3. The van der Waals surface area contributed by atoms with Crippen LogP contribution in [0.4, 0.5) is 11.4 Å². The molecular weight excluding hydrogens is 510 g/mol. The Morgan fingerprint density at radius 3 is 2.58 bits per heavy atom. The Labute approximate surface area is 234 Å². The Hall–Kier alpha value is -3.92. The molecule has 0 radical (unpaired) electrons. The molecule has 2 fully saturated rings. The molecule has 1 atom stereocenters. The van der Waals surface area contributed by atoms with Crippen molar-refractivity contribution in [3.05, 3.63) is 53.9 Å². The maximum atomic E-state index is 13.2. The van der Waals surface area contributed by atoms with Crippen molar-refractivity contribution in [3.8, 4) is 0 Å². The number of likely N-dealkylation sites (tertiary alicyclic amines) is 1. The standard InChI is InChI=1S/C30H37N5O5/c1-20(36)34-15-12-22(13-16-34)32-23-18-24-26(33-29(37)25-11-7-17-40-25)27(30(38)39-2)35(28(24)31-19-23)14-6-10-21-8-4-3-5-9-21/h3-5,8-9,18-19,22,25,32H,6-7,10-17H2,1-2H3,(H,33,37). The minimum absolute atomic E-state index is 0.0945. The first-order chi connectivity index (χ1) is 19.4. The van der Waals surface area contributed by atoms with E-state index in [4.69, 9.17) is 14.5 Å². The Morgan fingerprint density at radius 1 is 1.12 bits per heavy atom. The van der Waals surface area contributed by atoms with Gasteiger partial charge in [0.15, 0.2) is 5.69 Å². The summed E-state index contributed by atoms with van der Waals surface area (Å²) in [6.45, 7) is 4.07. The molecule has 0 aliphatic carbocycles. The predicted molar refractivity (Wildman–Crippen MR) is 152 cm³/mol. The van der Waals surface area contributed by atoms with E-state index < -0.39 is 12.1 Å². The van der Waals surface area contributed by atoms with E-state index in [0.29, 0.717) is 49.4 Å². The number of anilines is 2. The number of aryl methyl sites for hydroxylation is 2. The lowest BCUT2D eigenvalue weighted by atomic mass is 10.0. The second kappa shape index (κ2) is 12.5. The number of carbonyl (C=O) groups excluding carboxylic acids is 3. The first-order valence-electron chi connectivity index (χ1n) is 14.0. The third kappa shape index (κ3) is 6.12. The van der Waals surface area contributed by atoms with Crippen LogP contribution in [0.5, 0.6) is 0 Å². The molecule has 4 heterocycles. The third-order valence-corrected chi connectivity index (χ3v) is 7.75. The summed E-state index contributed by atoms with van der Waals surface area (Å²) in [7, 11) is 1.34. The summed E-state index contributed by atoms with van der Waals surface area (Å²) in [6.07, 6.45) is 5.93. The molecule has 2 aliphatic heterocycles. The number of pyridine rings is 1. The summed E-state index contributed by atoms with van der Waals surface area (Å²) >= 11 is 0. The van der Waals surface area contributed by atoms with Crippen LogP contribution in [-0.2, 0) is 32.0 Å². The van der Waals surface area contributed by atoms with E-state index in [0.717, 1.165) is 37.8 Å². The maximum absolute atomic E-state index is 13.2. The van der Waals surface area contributed by atoms with Crippen molar-refractivity contribution in [1.29, 1.82) is 0 Å². The Bertz CT molecular complexity index is 1360. The molecule has 2 N–H and O–H groups in total. The fourth-order valence-electron chi connectivity index (χ4n) is 5.61. The van der Waals surface area contributed by atoms with Crippen LogP contribution in [0.25, 0.3) is 11.0 Å². The summed E-state index contributed by atoms with van der Waals surface area (Å²) in [5, 5.41) is 7.20. The number of esters is 1. The normalized spacial score (nSPS) is 17.6. The molecule has 0 saturated carbocycles. The molecule has 2 aliphatic rings. The van der Waals surface area contributed by atoms with Crippen molar-refractivity contribution in [2.24, 2.45) is 0 Å². The van der Waals surface area contributed by atoms with Crippen molar-refractivity contribution in [2.75, 3.05) is 37.4 Å². The fourth-order valence-corrected chi connectivity index (χ4v) is 5.61. The number of amides is 2. The molecule has 3 aromatic rings. The summed E-state index contributed by atoms with van der Waals surface area (Å²) in [5.74, 6) is -0.718. The smallest absolute Gasteiger partial charge is 0.356 e. The zero-order valence-electron chi connectivity index (χ0n) is 23.2. The number of methoxy groups -OCH3 is 1. The molecular formula is C30H37N5O5. The van der Waals surface area contributed by atoms with E-state index in [-0.39, 0.29) is 23.6 Å². The van der Waals surface area contributed by atoms with E-state index in [2.05, 4.69) is 22.8 Å². The van der Waals surface area contributed by atoms with Crippen LogP contribution >= 0.6 is 0 Å². The number of piperidine rings is 1. The number of hydrogen-bond donors (Lipinski definition) is 2. The summed E-state index contributed by atoms with van der Waals surface area (Å²) in [6, 6.07) is 12.3. The third-order valence-electron chi connectivity index (χ3n) is 7.75. The number of benzene rings is 1. The molecule has 2 aromatic heterocycles. The Kier molecular flexibility index (Phi) is 8.64.